The maximum absolute atomic E-state index is 12.2. The summed E-state index contributed by atoms with van der Waals surface area (Å²) in [5, 5.41) is 1.89. The first-order chi connectivity index (χ1) is 10.2. The van der Waals surface area contributed by atoms with E-state index in [0.29, 0.717) is 0 Å². The van der Waals surface area contributed by atoms with E-state index < -0.39 is 0 Å². The highest BCUT2D eigenvalue weighted by Gasteiger charge is 2.22. The van der Waals surface area contributed by atoms with Gasteiger partial charge in [-0.2, -0.15) is 0 Å². The maximum atomic E-state index is 12.2. The third-order valence-electron chi connectivity index (χ3n) is 4.80. The minimum atomic E-state index is 0.0414. The summed E-state index contributed by atoms with van der Waals surface area (Å²) in [4.78, 5) is 17.8. The van der Waals surface area contributed by atoms with Gasteiger partial charge in [0.2, 0.25) is 0 Å². The van der Waals surface area contributed by atoms with Crippen LogP contribution in [0.5, 0.6) is 0 Å². The Morgan fingerprint density at radius 2 is 2.19 bits per heavy atom. The molecular formula is C18H24N2O. The molecule has 2 heterocycles. The van der Waals surface area contributed by atoms with Gasteiger partial charge in [0, 0.05) is 30.1 Å². The van der Waals surface area contributed by atoms with E-state index in [1.165, 1.54) is 31.4 Å². The van der Waals surface area contributed by atoms with Gasteiger partial charge < -0.3 is 9.88 Å². The Morgan fingerprint density at radius 3 is 3.00 bits per heavy atom. The molecule has 1 aliphatic heterocycles. The Kier molecular flexibility index (Phi) is 4.11. The van der Waals surface area contributed by atoms with E-state index >= 15 is 0 Å². The normalized spacial score (nSPS) is 19.4. The van der Waals surface area contributed by atoms with E-state index in [2.05, 4.69) is 35.9 Å². The first kappa shape index (κ1) is 14.3. The van der Waals surface area contributed by atoms with E-state index in [1.807, 2.05) is 12.1 Å². The van der Waals surface area contributed by atoms with Gasteiger partial charge in [-0.05, 0) is 55.8 Å². The van der Waals surface area contributed by atoms with Gasteiger partial charge in [-0.3, -0.25) is 4.79 Å². The molecule has 21 heavy (non-hydrogen) atoms. The average Bonchev–Trinajstić information content (AvgIpc) is 2.94. The molecule has 1 aromatic carbocycles. The summed E-state index contributed by atoms with van der Waals surface area (Å²) < 4.78 is 0. The van der Waals surface area contributed by atoms with Gasteiger partial charge in [0.25, 0.3) is 5.56 Å². The van der Waals surface area contributed by atoms with Crippen LogP contribution in [0.2, 0.25) is 0 Å². The Labute approximate surface area is 126 Å². The molecule has 3 rings (SSSR count). The van der Waals surface area contributed by atoms with Crippen molar-refractivity contribution < 1.29 is 0 Å². The standard InChI is InChI=1S/C18H24N2O/c1-3-15-7-5-10-20(15)11-9-14-12-17-13(2)6-4-8-16(17)18(21)19-14/h4,6,8,12,15H,3,5,7,9-11H2,1-2H3,(H,19,21)/t15-/m0/s1. The summed E-state index contributed by atoms with van der Waals surface area (Å²) in [6.45, 7) is 6.59. The van der Waals surface area contributed by atoms with Gasteiger partial charge in [-0.25, -0.2) is 0 Å². The van der Waals surface area contributed by atoms with E-state index in [-0.39, 0.29) is 5.56 Å². The molecule has 3 nitrogen and oxygen atoms in total. The molecule has 1 N–H and O–H groups in total. The van der Waals surface area contributed by atoms with Crippen molar-refractivity contribution in [3.63, 3.8) is 0 Å². The van der Waals surface area contributed by atoms with Gasteiger partial charge in [0.15, 0.2) is 0 Å². The quantitative estimate of drug-likeness (QED) is 0.935. The second kappa shape index (κ2) is 6.02. The van der Waals surface area contributed by atoms with Crippen LogP contribution in [0, 0.1) is 6.92 Å². The molecule has 0 aliphatic carbocycles. The molecule has 0 bridgehead atoms. The number of hydrogen-bond acceptors (Lipinski definition) is 2. The molecular weight excluding hydrogens is 260 g/mol. The first-order valence-corrected chi connectivity index (χ1v) is 8.04. The number of fused-ring (bicyclic) bond motifs is 1. The lowest BCUT2D eigenvalue weighted by Gasteiger charge is -2.23. The van der Waals surface area contributed by atoms with Crippen molar-refractivity contribution in [3.8, 4) is 0 Å². The van der Waals surface area contributed by atoms with Gasteiger partial charge in [0.05, 0.1) is 0 Å². The Balaban J connectivity index is 1.81. The summed E-state index contributed by atoms with van der Waals surface area (Å²) >= 11 is 0. The van der Waals surface area contributed by atoms with Crippen molar-refractivity contribution in [3.05, 3.63) is 45.9 Å². The molecule has 1 saturated heterocycles. The minimum absolute atomic E-state index is 0.0414. The molecule has 2 aromatic rings. The van der Waals surface area contributed by atoms with Crippen LogP contribution in [0.4, 0.5) is 0 Å². The number of aryl methyl sites for hydroxylation is 1. The second-order valence-corrected chi connectivity index (χ2v) is 6.15. The molecule has 1 atom stereocenters. The zero-order chi connectivity index (χ0) is 14.8. The lowest BCUT2D eigenvalue weighted by molar-refractivity contribution is 0.251. The zero-order valence-corrected chi connectivity index (χ0v) is 13.0. The van der Waals surface area contributed by atoms with Gasteiger partial charge >= 0.3 is 0 Å². The number of nitrogens with zero attached hydrogens (tertiary/aromatic N) is 1. The fourth-order valence-electron chi connectivity index (χ4n) is 3.54. The third kappa shape index (κ3) is 2.88. The molecule has 1 fully saturated rings. The van der Waals surface area contributed by atoms with Crippen LogP contribution in [-0.4, -0.2) is 29.0 Å². The predicted octanol–water partition coefficient (Wildman–Crippen LogP) is 3.25. The maximum Gasteiger partial charge on any atom is 0.256 e. The topological polar surface area (TPSA) is 36.1 Å². The van der Waals surface area contributed by atoms with Crippen molar-refractivity contribution in [1.82, 2.24) is 9.88 Å². The Morgan fingerprint density at radius 1 is 1.33 bits per heavy atom. The lowest BCUT2D eigenvalue weighted by Crippen LogP contribution is -2.31. The van der Waals surface area contributed by atoms with E-state index in [4.69, 9.17) is 0 Å². The zero-order valence-electron chi connectivity index (χ0n) is 13.0. The number of rotatable bonds is 4. The first-order valence-electron chi connectivity index (χ1n) is 8.04. The van der Waals surface area contributed by atoms with Crippen molar-refractivity contribution in [2.24, 2.45) is 0 Å². The molecule has 3 heteroatoms. The number of likely N-dealkylation sites (tertiary alicyclic amines) is 1. The van der Waals surface area contributed by atoms with Crippen LogP contribution < -0.4 is 5.56 Å². The van der Waals surface area contributed by atoms with E-state index in [9.17, 15) is 4.79 Å². The van der Waals surface area contributed by atoms with Crippen LogP contribution in [0.1, 0.15) is 37.4 Å². The lowest BCUT2D eigenvalue weighted by atomic mass is 10.1. The number of benzene rings is 1. The van der Waals surface area contributed by atoms with Crippen LogP contribution >= 0.6 is 0 Å². The molecule has 0 amide bonds. The van der Waals surface area contributed by atoms with Gasteiger partial charge in [-0.1, -0.05) is 19.1 Å². The van der Waals surface area contributed by atoms with Crippen molar-refractivity contribution in [2.75, 3.05) is 13.1 Å². The number of H-pyrrole nitrogens is 1. The van der Waals surface area contributed by atoms with E-state index in [1.54, 1.807) is 0 Å². The largest absolute Gasteiger partial charge is 0.326 e. The van der Waals surface area contributed by atoms with Gasteiger partial charge in [-0.15, -0.1) is 0 Å². The van der Waals surface area contributed by atoms with Crippen LogP contribution in [0.15, 0.2) is 29.1 Å². The third-order valence-corrected chi connectivity index (χ3v) is 4.80. The van der Waals surface area contributed by atoms with Gasteiger partial charge in [0.1, 0.15) is 0 Å². The summed E-state index contributed by atoms with van der Waals surface area (Å²) in [7, 11) is 0. The van der Waals surface area contributed by atoms with E-state index in [0.717, 1.165) is 35.5 Å². The summed E-state index contributed by atoms with van der Waals surface area (Å²) in [6, 6.07) is 8.81. The number of pyridine rings is 1. The SMILES string of the molecule is CC[C@H]1CCCN1CCc1cc2c(C)cccc2c(=O)[nH]1. The highest BCUT2D eigenvalue weighted by molar-refractivity contribution is 5.84. The fourth-order valence-corrected chi connectivity index (χ4v) is 3.54. The summed E-state index contributed by atoms with van der Waals surface area (Å²) in [5.41, 5.74) is 2.27. The van der Waals surface area contributed by atoms with Crippen molar-refractivity contribution in [2.45, 2.75) is 45.6 Å². The minimum Gasteiger partial charge on any atom is -0.326 e. The molecule has 1 aliphatic rings. The smallest absolute Gasteiger partial charge is 0.256 e. The molecule has 0 saturated carbocycles. The number of hydrogen-bond donors (Lipinski definition) is 1. The Hall–Kier alpha value is -1.61. The van der Waals surface area contributed by atoms with Crippen LogP contribution in [-0.2, 0) is 6.42 Å². The van der Waals surface area contributed by atoms with Crippen LogP contribution in [0.3, 0.4) is 0 Å². The second-order valence-electron chi connectivity index (χ2n) is 6.15. The van der Waals surface area contributed by atoms with Crippen molar-refractivity contribution in [1.29, 1.82) is 0 Å². The molecule has 0 unspecified atom stereocenters. The molecule has 1 aromatic heterocycles. The number of nitrogens with one attached hydrogen (secondary N) is 1. The average molecular weight is 284 g/mol. The molecule has 0 radical (unpaired) electrons. The monoisotopic (exact) mass is 284 g/mol. The Bertz CT molecular complexity index is 689. The van der Waals surface area contributed by atoms with Crippen molar-refractivity contribution >= 4 is 10.8 Å². The highest BCUT2D eigenvalue weighted by Crippen LogP contribution is 2.20. The molecule has 0 spiro atoms. The predicted molar refractivity (Wildman–Crippen MR) is 87.9 cm³/mol. The fraction of sp³-hybridized carbons (Fsp3) is 0.500. The summed E-state index contributed by atoms with van der Waals surface area (Å²) in [6.07, 6.45) is 4.79. The number of aromatic amines is 1. The highest BCUT2D eigenvalue weighted by atomic mass is 16.1. The number of aromatic nitrogens is 1. The van der Waals surface area contributed by atoms with Crippen LogP contribution in [0.25, 0.3) is 10.8 Å². The summed E-state index contributed by atoms with van der Waals surface area (Å²) in [5.74, 6) is 0. The molecule has 112 valence electrons.